The standard InChI is InChI=1S/C16H22O3/c1-3-8(2)16(17)18-7-10-4-9-5-11(10)12-6-13-15(19-13)14(9)12/h9-15H,2-7H2,1H3. The van der Waals surface area contributed by atoms with E-state index in [-0.39, 0.29) is 5.97 Å². The molecule has 19 heavy (non-hydrogen) atoms. The second kappa shape index (κ2) is 4.08. The molecule has 3 heteroatoms. The number of ether oxygens (including phenoxy) is 2. The van der Waals surface area contributed by atoms with Crippen LogP contribution in [-0.2, 0) is 14.3 Å². The molecule has 1 aliphatic heterocycles. The van der Waals surface area contributed by atoms with Crippen LogP contribution in [0.15, 0.2) is 12.2 Å². The second-order valence-corrected chi connectivity index (χ2v) is 6.83. The van der Waals surface area contributed by atoms with Gasteiger partial charge in [0.1, 0.15) is 0 Å². The summed E-state index contributed by atoms with van der Waals surface area (Å²) < 4.78 is 11.1. The van der Waals surface area contributed by atoms with E-state index in [1.807, 2.05) is 6.92 Å². The first-order valence-electron chi connectivity index (χ1n) is 7.69. The van der Waals surface area contributed by atoms with Gasteiger partial charge in [-0.3, -0.25) is 0 Å². The molecule has 1 saturated heterocycles. The molecule has 2 bridgehead atoms. The molecule has 104 valence electrons. The monoisotopic (exact) mass is 262 g/mol. The number of hydrogen-bond donors (Lipinski definition) is 0. The lowest BCUT2D eigenvalue weighted by molar-refractivity contribution is -0.141. The third-order valence-corrected chi connectivity index (χ3v) is 6.02. The molecular formula is C16H22O3. The van der Waals surface area contributed by atoms with Crippen LogP contribution in [0.5, 0.6) is 0 Å². The van der Waals surface area contributed by atoms with Crippen molar-refractivity contribution in [1.82, 2.24) is 0 Å². The van der Waals surface area contributed by atoms with Crippen molar-refractivity contribution in [1.29, 1.82) is 0 Å². The summed E-state index contributed by atoms with van der Waals surface area (Å²) in [5, 5.41) is 0. The van der Waals surface area contributed by atoms with E-state index < -0.39 is 0 Å². The van der Waals surface area contributed by atoms with E-state index in [1.165, 1.54) is 19.3 Å². The highest BCUT2D eigenvalue weighted by Crippen LogP contribution is 2.65. The molecule has 1 heterocycles. The van der Waals surface area contributed by atoms with E-state index in [0.29, 0.717) is 36.7 Å². The molecule has 3 aliphatic carbocycles. The molecule has 4 rings (SSSR count). The third kappa shape index (κ3) is 1.70. The van der Waals surface area contributed by atoms with Crippen LogP contribution in [0.25, 0.3) is 0 Å². The van der Waals surface area contributed by atoms with Gasteiger partial charge in [0.2, 0.25) is 0 Å². The van der Waals surface area contributed by atoms with E-state index >= 15 is 0 Å². The van der Waals surface area contributed by atoms with Gasteiger partial charge in [0.05, 0.1) is 18.8 Å². The Morgan fingerprint density at radius 2 is 2.16 bits per heavy atom. The molecule has 3 saturated carbocycles. The highest BCUT2D eigenvalue weighted by molar-refractivity contribution is 5.87. The van der Waals surface area contributed by atoms with Gasteiger partial charge in [0, 0.05) is 5.57 Å². The molecule has 0 spiro atoms. The van der Waals surface area contributed by atoms with Crippen molar-refractivity contribution in [2.45, 2.75) is 44.8 Å². The van der Waals surface area contributed by atoms with Gasteiger partial charge < -0.3 is 9.47 Å². The average molecular weight is 262 g/mol. The summed E-state index contributed by atoms with van der Waals surface area (Å²) in [7, 11) is 0. The van der Waals surface area contributed by atoms with Crippen molar-refractivity contribution >= 4 is 5.97 Å². The van der Waals surface area contributed by atoms with Gasteiger partial charge in [-0.2, -0.15) is 0 Å². The maximum Gasteiger partial charge on any atom is 0.333 e. The van der Waals surface area contributed by atoms with E-state index in [0.717, 1.165) is 23.7 Å². The Hall–Kier alpha value is -0.830. The SMILES string of the molecule is C=C(CC)C(=O)OCC1CC2CC1C1CC3OC3C21. The lowest BCUT2D eigenvalue weighted by atomic mass is 9.75. The van der Waals surface area contributed by atoms with Crippen LogP contribution in [0.3, 0.4) is 0 Å². The van der Waals surface area contributed by atoms with Gasteiger partial charge in [0.15, 0.2) is 0 Å². The molecule has 7 atom stereocenters. The number of hydrogen-bond acceptors (Lipinski definition) is 3. The Kier molecular flexibility index (Phi) is 2.57. The quantitative estimate of drug-likeness (QED) is 0.444. The molecule has 0 aromatic carbocycles. The fourth-order valence-corrected chi connectivity index (χ4v) is 5.09. The minimum Gasteiger partial charge on any atom is -0.462 e. The average Bonchev–Trinajstić information content (AvgIpc) is 2.79. The first-order chi connectivity index (χ1) is 9.19. The predicted octanol–water partition coefficient (Wildman–Crippen LogP) is 2.56. The fraction of sp³-hybridized carbons (Fsp3) is 0.812. The van der Waals surface area contributed by atoms with Gasteiger partial charge >= 0.3 is 5.97 Å². The van der Waals surface area contributed by atoms with E-state index in [1.54, 1.807) is 0 Å². The molecule has 4 aliphatic rings. The Morgan fingerprint density at radius 1 is 1.32 bits per heavy atom. The number of carbonyl (C=O) groups excluding carboxylic acids is 1. The minimum absolute atomic E-state index is 0.195. The van der Waals surface area contributed by atoms with Crippen LogP contribution >= 0.6 is 0 Å². The first-order valence-corrected chi connectivity index (χ1v) is 7.69. The molecular weight excluding hydrogens is 240 g/mol. The molecule has 3 nitrogen and oxygen atoms in total. The summed E-state index contributed by atoms with van der Waals surface area (Å²) >= 11 is 0. The van der Waals surface area contributed by atoms with Crippen molar-refractivity contribution in [2.24, 2.45) is 29.6 Å². The summed E-state index contributed by atoms with van der Waals surface area (Å²) in [6, 6.07) is 0. The van der Waals surface area contributed by atoms with E-state index in [4.69, 9.17) is 9.47 Å². The largest absolute Gasteiger partial charge is 0.462 e. The van der Waals surface area contributed by atoms with Gasteiger partial charge in [-0.25, -0.2) is 4.79 Å². The lowest BCUT2D eigenvalue weighted by Gasteiger charge is -2.32. The van der Waals surface area contributed by atoms with Crippen molar-refractivity contribution < 1.29 is 14.3 Å². The minimum atomic E-state index is -0.195. The zero-order valence-electron chi connectivity index (χ0n) is 11.5. The van der Waals surface area contributed by atoms with Crippen molar-refractivity contribution in [3.05, 3.63) is 12.2 Å². The number of esters is 1. The molecule has 0 N–H and O–H groups in total. The van der Waals surface area contributed by atoms with Crippen LogP contribution in [0.2, 0.25) is 0 Å². The highest BCUT2D eigenvalue weighted by atomic mass is 16.6. The van der Waals surface area contributed by atoms with Crippen LogP contribution in [0.1, 0.15) is 32.6 Å². The molecule has 0 radical (unpaired) electrons. The number of carbonyl (C=O) groups is 1. The smallest absolute Gasteiger partial charge is 0.333 e. The van der Waals surface area contributed by atoms with Gasteiger partial charge in [-0.1, -0.05) is 13.5 Å². The Labute approximate surface area is 114 Å². The fourth-order valence-electron chi connectivity index (χ4n) is 5.09. The first kappa shape index (κ1) is 12.0. The van der Waals surface area contributed by atoms with E-state index in [9.17, 15) is 4.79 Å². The topological polar surface area (TPSA) is 38.8 Å². The van der Waals surface area contributed by atoms with Crippen molar-refractivity contribution in [2.75, 3.05) is 6.61 Å². The lowest BCUT2D eigenvalue weighted by Crippen LogP contribution is -2.31. The third-order valence-electron chi connectivity index (χ3n) is 6.02. The summed E-state index contributed by atoms with van der Waals surface area (Å²) in [5.74, 6) is 3.73. The Balaban J connectivity index is 1.35. The molecule has 0 aromatic heterocycles. The van der Waals surface area contributed by atoms with Crippen LogP contribution < -0.4 is 0 Å². The van der Waals surface area contributed by atoms with Gasteiger partial charge in [-0.05, 0) is 55.3 Å². The maximum absolute atomic E-state index is 11.7. The van der Waals surface area contributed by atoms with E-state index in [2.05, 4.69) is 6.58 Å². The number of fused-ring (bicyclic) bond motifs is 7. The normalized spacial score (nSPS) is 48.8. The maximum atomic E-state index is 11.7. The summed E-state index contributed by atoms with van der Waals surface area (Å²) in [6.45, 7) is 6.29. The highest BCUT2D eigenvalue weighted by Gasteiger charge is 2.66. The van der Waals surface area contributed by atoms with Crippen molar-refractivity contribution in [3.8, 4) is 0 Å². The number of rotatable bonds is 4. The zero-order valence-corrected chi connectivity index (χ0v) is 11.5. The van der Waals surface area contributed by atoms with Crippen LogP contribution in [0.4, 0.5) is 0 Å². The molecule has 4 fully saturated rings. The predicted molar refractivity (Wildman–Crippen MR) is 70.4 cm³/mol. The zero-order chi connectivity index (χ0) is 13.1. The Bertz CT molecular complexity index is 430. The van der Waals surface area contributed by atoms with Crippen LogP contribution in [0, 0.1) is 29.6 Å². The molecule has 0 amide bonds. The number of epoxide rings is 1. The summed E-state index contributed by atoms with van der Waals surface area (Å²) in [6.07, 6.45) is 5.72. The van der Waals surface area contributed by atoms with Crippen molar-refractivity contribution in [3.63, 3.8) is 0 Å². The van der Waals surface area contributed by atoms with Gasteiger partial charge in [-0.15, -0.1) is 0 Å². The summed E-state index contributed by atoms with van der Waals surface area (Å²) in [4.78, 5) is 11.7. The van der Waals surface area contributed by atoms with Gasteiger partial charge in [0.25, 0.3) is 0 Å². The molecule has 0 aromatic rings. The Morgan fingerprint density at radius 3 is 2.95 bits per heavy atom. The second-order valence-electron chi connectivity index (χ2n) is 6.83. The summed E-state index contributed by atoms with van der Waals surface area (Å²) in [5.41, 5.74) is 0.594. The molecule has 7 unspecified atom stereocenters. The van der Waals surface area contributed by atoms with Crippen LogP contribution in [-0.4, -0.2) is 24.8 Å².